The standard InChI is InChI=1S/C7H14O3/c1-4-2-3-5(8)7(10)6(4)9/h4-10H,2-3H2,1H3/t4-,5+,6?,7+/m1/s1. The lowest BCUT2D eigenvalue weighted by Crippen LogP contribution is -2.45. The van der Waals surface area contributed by atoms with Crippen molar-refractivity contribution in [3.8, 4) is 0 Å². The third-order valence-electron chi connectivity index (χ3n) is 2.24. The van der Waals surface area contributed by atoms with E-state index in [2.05, 4.69) is 0 Å². The van der Waals surface area contributed by atoms with Crippen molar-refractivity contribution in [1.29, 1.82) is 0 Å². The fraction of sp³-hybridized carbons (Fsp3) is 1.00. The van der Waals surface area contributed by atoms with Crippen LogP contribution >= 0.6 is 0 Å². The lowest BCUT2D eigenvalue weighted by atomic mass is 9.84. The van der Waals surface area contributed by atoms with Crippen LogP contribution in [0.15, 0.2) is 0 Å². The van der Waals surface area contributed by atoms with E-state index in [1.807, 2.05) is 6.92 Å². The SMILES string of the molecule is C[C@@H]1CC[C@H](O)[C@H](O)C1O. The van der Waals surface area contributed by atoms with Crippen LogP contribution in [-0.4, -0.2) is 33.6 Å². The van der Waals surface area contributed by atoms with Crippen LogP contribution in [0.2, 0.25) is 0 Å². The van der Waals surface area contributed by atoms with Crippen molar-refractivity contribution in [2.75, 3.05) is 0 Å². The summed E-state index contributed by atoms with van der Waals surface area (Å²) in [7, 11) is 0. The molecule has 0 saturated heterocycles. The van der Waals surface area contributed by atoms with Gasteiger partial charge in [0.15, 0.2) is 0 Å². The molecule has 3 nitrogen and oxygen atoms in total. The number of hydrogen-bond acceptors (Lipinski definition) is 3. The predicted molar refractivity (Wildman–Crippen MR) is 36.4 cm³/mol. The Hall–Kier alpha value is -0.120. The summed E-state index contributed by atoms with van der Waals surface area (Å²) >= 11 is 0. The zero-order valence-corrected chi connectivity index (χ0v) is 6.07. The zero-order valence-electron chi connectivity index (χ0n) is 6.07. The highest BCUT2D eigenvalue weighted by Gasteiger charge is 2.33. The first kappa shape index (κ1) is 7.98. The van der Waals surface area contributed by atoms with Crippen LogP contribution in [0.1, 0.15) is 19.8 Å². The number of rotatable bonds is 0. The third kappa shape index (κ3) is 1.31. The second-order valence-corrected chi connectivity index (χ2v) is 3.10. The van der Waals surface area contributed by atoms with Crippen LogP contribution in [0.25, 0.3) is 0 Å². The molecule has 10 heavy (non-hydrogen) atoms. The maximum atomic E-state index is 9.21. The van der Waals surface area contributed by atoms with Gasteiger partial charge in [-0.1, -0.05) is 6.92 Å². The molecule has 0 aromatic heterocycles. The average molecular weight is 146 g/mol. The molecule has 1 aliphatic rings. The minimum absolute atomic E-state index is 0.110. The second kappa shape index (κ2) is 2.86. The van der Waals surface area contributed by atoms with Gasteiger partial charge in [-0.05, 0) is 18.8 Å². The van der Waals surface area contributed by atoms with Gasteiger partial charge < -0.3 is 15.3 Å². The first-order valence-electron chi connectivity index (χ1n) is 3.67. The minimum atomic E-state index is -0.941. The van der Waals surface area contributed by atoms with Gasteiger partial charge in [0.1, 0.15) is 6.10 Å². The Labute approximate surface area is 60.3 Å². The molecule has 3 heteroatoms. The number of aliphatic hydroxyl groups is 3. The molecule has 0 aliphatic heterocycles. The van der Waals surface area contributed by atoms with Crippen molar-refractivity contribution in [1.82, 2.24) is 0 Å². The summed E-state index contributed by atoms with van der Waals surface area (Å²) in [6.45, 7) is 1.87. The van der Waals surface area contributed by atoms with E-state index in [0.717, 1.165) is 6.42 Å². The fourth-order valence-electron chi connectivity index (χ4n) is 1.34. The molecule has 0 spiro atoms. The van der Waals surface area contributed by atoms with Gasteiger partial charge in [0, 0.05) is 0 Å². The Morgan fingerprint density at radius 1 is 1.00 bits per heavy atom. The monoisotopic (exact) mass is 146 g/mol. The van der Waals surface area contributed by atoms with E-state index in [-0.39, 0.29) is 5.92 Å². The Morgan fingerprint density at radius 2 is 1.60 bits per heavy atom. The maximum absolute atomic E-state index is 9.21. The largest absolute Gasteiger partial charge is 0.390 e. The van der Waals surface area contributed by atoms with Gasteiger partial charge >= 0.3 is 0 Å². The van der Waals surface area contributed by atoms with Crippen LogP contribution < -0.4 is 0 Å². The predicted octanol–water partition coefficient (Wildman–Crippen LogP) is -0.501. The van der Waals surface area contributed by atoms with E-state index in [1.165, 1.54) is 0 Å². The van der Waals surface area contributed by atoms with Gasteiger partial charge in [-0.25, -0.2) is 0 Å². The molecule has 0 radical (unpaired) electrons. The van der Waals surface area contributed by atoms with Crippen molar-refractivity contribution >= 4 is 0 Å². The Morgan fingerprint density at radius 3 is 2.10 bits per heavy atom. The van der Waals surface area contributed by atoms with Crippen molar-refractivity contribution in [3.63, 3.8) is 0 Å². The van der Waals surface area contributed by atoms with Gasteiger partial charge in [0.05, 0.1) is 12.2 Å². The number of hydrogen-bond donors (Lipinski definition) is 3. The molecule has 60 valence electrons. The highest BCUT2D eigenvalue weighted by atomic mass is 16.4. The van der Waals surface area contributed by atoms with Gasteiger partial charge in [0.25, 0.3) is 0 Å². The van der Waals surface area contributed by atoms with Crippen molar-refractivity contribution in [2.45, 2.75) is 38.1 Å². The van der Waals surface area contributed by atoms with Crippen molar-refractivity contribution in [2.24, 2.45) is 5.92 Å². The van der Waals surface area contributed by atoms with Crippen LogP contribution in [0, 0.1) is 5.92 Å². The summed E-state index contributed by atoms with van der Waals surface area (Å²) < 4.78 is 0. The average Bonchev–Trinajstić information content (AvgIpc) is 1.93. The maximum Gasteiger partial charge on any atom is 0.106 e. The topological polar surface area (TPSA) is 60.7 Å². The van der Waals surface area contributed by atoms with Crippen molar-refractivity contribution < 1.29 is 15.3 Å². The first-order valence-corrected chi connectivity index (χ1v) is 3.67. The normalized spacial score (nSPS) is 49.2. The minimum Gasteiger partial charge on any atom is -0.390 e. The van der Waals surface area contributed by atoms with E-state index in [0.29, 0.717) is 6.42 Å². The lowest BCUT2D eigenvalue weighted by molar-refractivity contribution is -0.106. The molecule has 0 heterocycles. The highest BCUT2D eigenvalue weighted by molar-refractivity contribution is 4.84. The summed E-state index contributed by atoms with van der Waals surface area (Å²) in [6.07, 6.45) is -1.03. The van der Waals surface area contributed by atoms with Gasteiger partial charge in [-0.3, -0.25) is 0 Å². The van der Waals surface area contributed by atoms with Crippen LogP contribution in [-0.2, 0) is 0 Å². The van der Waals surface area contributed by atoms with Gasteiger partial charge in [-0.15, -0.1) is 0 Å². The second-order valence-electron chi connectivity index (χ2n) is 3.10. The molecule has 1 fully saturated rings. The van der Waals surface area contributed by atoms with Gasteiger partial charge in [0.2, 0.25) is 0 Å². The van der Waals surface area contributed by atoms with Crippen LogP contribution in [0.5, 0.6) is 0 Å². The van der Waals surface area contributed by atoms with E-state index in [4.69, 9.17) is 10.2 Å². The van der Waals surface area contributed by atoms with Crippen LogP contribution in [0.4, 0.5) is 0 Å². The molecule has 3 N–H and O–H groups in total. The summed E-state index contributed by atoms with van der Waals surface area (Å²) in [6, 6.07) is 0. The van der Waals surface area contributed by atoms with E-state index in [9.17, 15) is 5.11 Å². The van der Waals surface area contributed by atoms with Crippen LogP contribution in [0.3, 0.4) is 0 Å². The van der Waals surface area contributed by atoms with Crippen molar-refractivity contribution in [3.05, 3.63) is 0 Å². The molecule has 0 bridgehead atoms. The Bertz CT molecular complexity index is 101. The molecule has 1 saturated carbocycles. The van der Waals surface area contributed by atoms with E-state index >= 15 is 0 Å². The molecule has 0 amide bonds. The first-order chi connectivity index (χ1) is 4.63. The summed E-state index contributed by atoms with van der Waals surface area (Å²) in [4.78, 5) is 0. The Kier molecular flexibility index (Phi) is 2.28. The molecule has 1 rings (SSSR count). The van der Waals surface area contributed by atoms with E-state index < -0.39 is 18.3 Å². The quantitative estimate of drug-likeness (QED) is 0.431. The molecule has 1 aliphatic carbocycles. The summed E-state index contributed by atoms with van der Waals surface area (Å²) in [5, 5.41) is 27.4. The molecule has 0 aromatic rings. The number of aliphatic hydroxyl groups excluding tert-OH is 3. The highest BCUT2D eigenvalue weighted by Crippen LogP contribution is 2.24. The molecule has 1 unspecified atom stereocenters. The van der Waals surface area contributed by atoms with Gasteiger partial charge in [-0.2, -0.15) is 0 Å². The Balaban J connectivity index is 2.52. The smallest absolute Gasteiger partial charge is 0.106 e. The third-order valence-corrected chi connectivity index (χ3v) is 2.24. The molecular formula is C7H14O3. The molecule has 0 aromatic carbocycles. The molecule has 4 atom stereocenters. The molecular weight excluding hydrogens is 132 g/mol. The summed E-state index contributed by atoms with van der Waals surface area (Å²) in [5.74, 6) is 0.110. The lowest BCUT2D eigenvalue weighted by Gasteiger charge is -2.32. The summed E-state index contributed by atoms with van der Waals surface area (Å²) in [5.41, 5.74) is 0. The fourth-order valence-corrected chi connectivity index (χ4v) is 1.34. The zero-order chi connectivity index (χ0) is 7.72. The van der Waals surface area contributed by atoms with E-state index in [1.54, 1.807) is 0 Å².